The molecule has 0 spiro atoms. The minimum absolute atomic E-state index is 0.0164. The van der Waals surface area contributed by atoms with E-state index in [1.165, 1.54) is 372 Å². The molecule has 526 valence electrons. The molecule has 0 aliphatic carbocycles. The summed E-state index contributed by atoms with van der Waals surface area (Å²) < 4.78 is 23.6. The number of quaternary nitrogens is 1. The van der Waals surface area contributed by atoms with E-state index in [4.69, 9.17) is 9.05 Å². The smallest absolute Gasteiger partial charge is 0.268 e. The first-order chi connectivity index (χ1) is 43.0. The highest BCUT2D eigenvalue weighted by molar-refractivity contribution is 7.45. The molecule has 0 aliphatic rings. The lowest BCUT2D eigenvalue weighted by molar-refractivity contribution is -0.870. The van der Waals surface area contributed by atoms with Gasteiger partial charge in [-0.25, -0.2) is 0 Å². The largest absolute Gasteiger partial charge is 0.756 e. The van der Waals surface area contributed by atoms with Crippen LogP contribution < -0.4 is 10.2 Å². The zero-order valence-electron chi connectivity index (χ0n) is 60.5. The van der Waals surface area contributed by atoms with Gasteiger partial charge in [0, 0.05) is 6.42 Å². The van der Waals surface area contributed by atoms with Gasteiger partial charge in [-0.3, -0.25) is 9.36 Å². The molecule has 88 heavy (non-hydrogen) atoms. The number of carbonyl (C=O) groups is 1. The summed E-state index contributed by atoms with van der Waals surface area (Å²) in [5.74, 6) is -0.153. The zero-order chi connectivity index (χ0) is 64.1. The molecule has 0 heterocycles. The third kappa shape index (κ3) is 72.7. The fourth-order valence-electron chi connectivity index (χ4n) is 12.8. The molecule has 0 bridgehead atoms. The number of carbonyl (C=O) groups excluding carboxylic acids is 1. The van der Waals surface area contributed by atoms with Crippen molar-refractivity contribution in [2.45, 2.75) is 450 Å². The third-order valence-electron chi connectivity index (χ3n) is 19.0. The van der Waals surface area contributed by atoms with E-state index in [2.05, 4.69) is 31.3 Å². The van der Waals surface area contributed by atoms with Crippen molar-refractivity contribution < 1.29 is 32.9 Å². The van der Waals surface area contributed by atoms with Crippen LogP contribution in [0.25, 0.3) is 0 Å². The molecule has 2 N–H and O–H groups in total. The Labute approximate surface area is 552 Å². The summed E-state index contributed by atoms with van der Waals surface area (Å²) >= 11 is 0. The predicted molar refractivity (Wildman–Crippen MR) is 386 cm³/mol. The van der Waals surface area contributed by atoms with Gasteiger partial charge in [0.1, 0.15) is 13.2 Å². The van der Waals surface area contributed by atoms with Crippen molar-refractivity contribution in [1.29, 1.82) is 0 Å². The summed E-state index contributed by atoms with van der Waals surface area (Å²) in [6, 6.07) is -0.799. The molecule has 3 unspecified atom stereocenters. The fourth-order valence-corrected chi connectivity index (χ4v) is 13.5. The van der Waals surface area contributed by atoms with E-state index >= 15 is 0 Å². The molecule has 0 aromatic carbocycles. The van der Waals surface area contributed by atoms with Gasteiger partial charge in [0.2, 0.25) is 5.91 Å². The summed E-state index contributed by atoms with van der Waals surface area (Å²) in [6.07, 6.45) is 92.0. The molecular formula is C79H159N2O6P. The molecule has 9 heteroatoms. The number of nitrogens with one attached hydrogen (secondary N) is 1. The second kappa shape index (κ2) is 70.6. The minimum Gasteiger partial charge on any atom is -0.756 e. The van der Waals surface area contributed by atoms with Crippen LogP contribution in [0.3, 0.4) is 0 Å². The normalized spacial score (nSPS) is 13.5. The summed E-state index contributed by atoms with van der Waals surface area (Å²) in [5, 5.41) is 14.1. The zero-order valence-corrected chi connectivity index (χ0v) is 61.4. The third-order valence-corrected chi connectivity index (χ3v) is 20.0. The highest BCUT2D eigenvalue weighted by atomic mass is 31.2. The maximum absolute atomic E-state index is 13.1. The van der Waals surface area contributed by atoms with Crippen molar-refractivity contribution in [3.63, 3.8) is 0 Å². The van der Waals surface area contributed by atoms with E-state index in [9.17, 15) is 19.4 Å². The SMILES string of the molecule is CCCCCCCCCC/C=C\CCCCCCCCCCCCCCCCCCCCCCCCCCCCCC(=O)NC(COP(=O)([O-])OCC[N+](C)(C)C)C(O)CCCCCCCCCCCCCCCCCCCCCCCCCCCCC. The molecule has 0 aromatic rings. The van der Waals surface area contributed by atoms with E-state index in [0.29, 0.717) is 23.9 Å². The van der Waals surface area contributed by atoms with Gasteiger partial charge in [0.25, 0.3) is 7.82 Å². The average Bonchev–Trinajstić information content (AvgIpc) is 3.70. The van der Waals surface area contributed by atoms with Crippen molar-refractivity contribution in [2.75, 3.05) is 40.9 Å². The van der Waals surface area contributed by atoms with Gasteiger partial charge in [-0.15, -0.1) is 0 Å². The molecule has 0 rings (SSSR count). The number of phosphoric ester groups is 1. The van der Waals surface area contributed by atoms with E-state index in [0.717, 1.165) is 38.5 Å². The number of allylic oxidation sites excluding steroid dienone is 2. The maximum Gasteiger partial charge on any atom is 0.268 e. The van der Waals surface area contributed by atoms with E-state index < -0.39 is 20.0 Å². The van der Waals surface area contributed by atoms with E-state index in [-0.39, 0.29) is 19.1 Å². The van der Waals surface area contributed by atoms with Crippen LogP contribution in [0.1, 0.15) is 438 Å². The van der Waals surface area contributed by atoms with Crippen LogP contribution >= 0.6 is 7.82 Å². The molecule has 3 atom stereocenters. The van der Waals surface area contributed by atoms with Crippen molar-refractivity contribution in [1.82, 2.24) is 5.32 Å². The second-order valence-electron chi connectivity index (χ2n) is 29.1. The highest BCUT2D eigenvalue weighted by Gasteiger charge is 2.24. The maximum atomic E-state index is 13.1. The standard InChI is InChI=1S/C79H159N2O6P/c1-6-8-10-12-14-16-18-20-22-24-26-28-30-32-34-35-36-37-38-39-40-41-42-43-44-45-47-49-51-53-55-57-59-61-63-65-67-69-71-73-79(83)80-77(76-87-88(84,85)86-75-74-81(3,4)5)78(82)72-70-68-66-64-62-60-58-56-54-52-50-48-46-33-31-29-27-25-23-21-19-17-15-13-11-9-7-2/h24,26,77-78,82H,6-23,25,27-76H2,1-5H3,(H-,80,83,84,85)/b26-24-. The number of nitrogens with zero attached hydrogens (tertiary/aromatic N) is 1. The number of likely N-dealkylation sites (N-methyl/N-ethyl adjacent to an activating group) is 1. The molecule has 8 nitrogen and oxygen atoms in total. The molecular weight excluding hydrogens is 1100 g/mol. The Morgan fingerprint density at radius 1 is 0.386 bits per heavy atom. The van der Waals surface area contributed by atoms with Crippen molar-refractivity contribution in [3.05, 3.63) is 12.2 Å². The molecule has 0 aromatic heterocycles. The van der Waals surface area contributed by atoms with Gasteiger partial charge in [0.15, 0.2) is 0 Å². The quantitative estimate of drug-likeness (QED) is 0.0272. The number of unbranched alkanes of at least 4 members (excludes halogenated alkanes) is 61. The number of aliphatic hydroxyl groups excluding tert-OH is 1. The summed E-state index contributed by atoms with van der Waals surface area (Å²) in [7, 11) is 1.33. The number of hydrogen-bond acceptors (Lipinski definition) is 6. The van der Waals surface area contributed by atoms with Gasteiger partial charge in [-0.1, -0.05) is 405 Å². The lowest BCUT2D eigenvalue weighted by Gasteiger charge is -2.30. The Balaban J connectivity index is 3.87. The minimum atomic E-state index is -4.58. The Bertz CT molecular complexity index is 1440. The first kappa shape index (κ1) is 87.2. The number of rotatable bonds is 76. The predicted octanol–water partition coefficient (Wildman–Crippen LogP) is 25.4. The summed E-state index contributed by atoms with van der Waals surface area (Å²) in [4.78, 5) is 25.7. The fraction of sp³-hybridized carbons (Fsp3) is 0.962. The number of phosphoric acid groups is 1. The Morgan fingerprint density at radius 3 is 0.886 bits per heavy atom. The highest BCUT2D eigenvalue weighted by Crippen LogP contribution is 2.38. The van der Waals surface area contributed by atoms with E-state index in [1.54, 1.807) is 0 Å². The first-order valence-electron chi connectivity index (χ1n) is 40.0. The number of amides is 1. The first-order valence-corrected chi connectivity index (χ1v) is 41.5. The van der Waals surface area contributed by atoms with Gasteiger partial charge >= 0.3 is 0 Å². The van der Waals surface area contributed by atoms with Gasteiger partial charge in [0.05, 0.1) is 39.9 Å². The molecule has 0 saturated carbocycles. The molecule has 1 amide bonds. The van der Waals surface area contributed by atoms with Gasteiger partial charge in [-0.05, 0) is 38.5 Å². The average molecular weight is 1260 g/mol. The Morgan fingerprint density at radius 2 is 0.625 bits per heavy atom. The van der Waals surface area contributed by atoms with Crippen molar-refractivity contribution in [2.24, 2.45) is 0 Å². The number of aliphatic hydroxyl groups is 1. The second-order valence-corrected chi connectivity index (χ2v) is 30.5. The van der Waals surface area contributed by atoms with Crippen LogP contribution in [0, 0.1) is 0 Å². The van der Waals surface area contributed by atoms with E-state index in [1.807, 2.05) is 21.1 Å². The molecule has 0 fully saturated rings. The van der Waals surface area contributed by atoms with Gasteiger partial charge < -0.3 is 28.8 Å². The topological polar surface area (TPSA) is 108 Å². The van der Waals surface area contributed by atoms with Crippen LogP contribution in [0.4, 0.5) is 0 Å². The number of hydrogen-bond donors (Lipinski definition) is 2. The Kier molecular flexibility index (Phi) is 69.9. The van der Waals surface area contributed by atoms with Crippen molar-refractivity contribution in [3.8, 4) is 0 Å². The monoisotopic (exact) mass is 1260 g/mol. The summed E-state index contributed by atoms with van der Waals surface area (Å²) in [6.45, 7) is 4.80. The van der Waals surface area contributed by atoms with Crippen LogP contribution in [-0.2, 0) is 18.4 Å². The van der Waals surface area contributed by atoms with Crippen LogP contribution in [-0.4, -0.2) is 68.5 Å². The van der Waals surface area contributed by atoms with Gasteiger partial charge in [-0.2, -0.15) is 0 Å². The van der Waals surface area contributed by atoms with Crippen LogP contribution in [0.15, 0.2) is 12.2 Å². The molecule has 0 saturated heterocycles. The Hall–Kier alpha value is -0.760. The van der Waals surface area contributed by atoms with Crippen LogP contribution in [0.2, 0.25) is 0 Å². The molecule has 0 aliphatic heterocycles. The molecule has 0 radical (unpaired) electrons. The lowest BCUT2D eigenvalue weighted by atomic mass is 10.0. The van der Waals surface area contributed by atoms with Crippen molar-refractivity contribution >= 4 is 13.7 Å². The van der Waals surface area contributed by atoms with Crippen LogP contribution in [0.5, 0.6) is 0 Å². The lowest BCUT2D eigenvalue weighted by Crippen LogP contribution is -2.46. The summed E-state index contributed by atoms with van der Waals surface area (Å²) in [5.41, 5.74) is 0.